The van der Waals surface area contributed by atoms with E-state index in [0.29, 0.717) is 22.8 Å². The Kier molecular flexibility index (Phi) is 3.85. The summed E-state index contributed by atoms with van der Waals surface area (Å²) in [6, 6.07) is 0.447. The summed E-state index contributed by atoms with van der Waals surface area (Å²) in [6.45, 7) is 9.88. The Labute approximate surface area is 141 Å². The topological polar surface area (TPSA) is 32.3 Å². The minimum atomic E-state index is -0.0139. The van der Waals surface area contributed by atoms with Crippen LogP contribution in [0.2, 0.25) is 0 Å². The summed E-state index contributed by atoms with van der Waals surface area (Å²) in [5.41, 5.74) is 0.854. The first-order valence-corrected chi connectivity index (χ1v) is 8.84. The van der Waals surface area contributed by atoms with Crippen LogP contribution < -0.4 is 5.32 Å². The molecule has 22 heavy (non-hydrogen) atoms. The molecular formula is C18H31ClN2O. The van der Waals surface area contributed by atoms with E-state index in [1.807, 2.05) is 0 Å². The third kappa shape index (κ3) is 2.49. The summed E-state index contributed by atoms with van der Waals surface area (Å²) >= 11 is 0. The van der Waals surface area contributed by atoms with Crippen molar-refractivity contribution < 1.29 is 4.79 Å². The maximum Gasteiger partial charge on any atom is 0.228 e. The Morgan fingerprint density at radius 2 is 1.73 bits per heavy atom. The number of piperazine rings is 1. The SMILES string of the molecule is C[C@H]1CN(C(=O)C23CC4CC(C)(CC(C)(C4)C2)C3)CCN1.Cl. The fourth-order valence-electron chi connectivity index (χ4n) is 7.14. The van der Waals surface area contributed by atoms with E-state index in [4.69, 9.17) is 0 Å². The van der Waals surface area contributed by atoms with Crippen LogP contribution in [-0.4, -0.2) is 36.5 Å². The first-order valence-electron chi connectivity index (χ1n) is 8.84. The molecule has 126 valence electrons. The van der Waals surface area contributed by atoms with Gasteiger partial charge in [-0.25, -0.2) is 0 Å². The Hall–Kier alpha value is -0.280. The van der Waals surface area contributed by atoms with E-state index in [2.05, 4.69) is 31.0 Å². The third-order valence-corrected chi connectivity index (χ3v) is 6.74. The molecule has 5 fully saturated rings. The number of rotatable bonds is 1. The Morgan fingerprint density at radius 1 is 1.09 bits per heavy atom. The van der Waals surface area contributed by atoms with Crippen LogP contribution in [0.4, 0.5) is 0 Å². The minimum absolute atomic E-state index is 0. The summed E-state index contributed by atoms with van der Waals surface area (Å²) in [5, 5.41) is 3.46. The summed E-state index contributed by atoms with van der Waals surface area (Å²) in [4.78, 5) is 15.6. The first-order chi connectivity index (χ1) is 9.82. The number of carbonyl (C=O) groups is 1. The number of nitrogens with zero attached hydrogens (tertiary/aromatic N) is 1. The molecule has 1 amide bonds. The van der Waals surface area contributed by atoms with E-state index in [-0.39, 0.29) is 17.8 Å². The van der Waals surface area contributed by atoms with Crippen molar-refractivity contribution in [2.24, 2.45) is 22.2 Å². The molecule has 1 N–H and O–H groups in total. The molecule has 1 heterocycles. The van der Waals surface area contributed by atoms with Crippen molar-refractivity contribution in [3.63, 3.8) is 0 Å². The molecule has 0 aromatic rings. The molecule has 0 radical (unpaired) electrons. The predicted octanol–water partition coefficient (Wildman–Crippen LogP) is 3.23. The summed E-state index contributed by atoms with van der Waals surface area (Å²) < 4.78 is 0. The van der Waals surface area contributed by atoms with Crippen molar-refractivity contribution >= 4 is 18.3 Å². The molecule has 4 aliphatic carbocycles. The van der Waals surface area contributed by atoms with Crippen molar-refractivity contribution in [2.45, 2.75) is 65.3 Å². The minimum Gasteiger partial charge on any atom is -0.339 e. The molecule has 0 aromatic heterocycles. The van der Waals surface area contributed by atoms with E-state index in [9.17, 15) is 4.79 Å². The quantitative estimate of drug-likeness (QED) is 0.802. The van der Waals surface area contributed by atoms with E-state index in [1.165, 1.54) is 25.7 Å². The smallest absolute Gasteiger partial charge is 0.228 e. The highest BCUT2D eigenvalue weighted by atomic mass is 35.5. The van der Waals surface area contributed by atoms with Gasteiger partial charge in [-0.15, -0.1) is 12.4 Å². The van der Waals surface area contributed by atoms with Gasteiger partial charge in [0.15, 0.2) is 0 Å². The van der Waals surface area contributed by atoms with E-state index in [1.54, 1.807) is 0 Å². The molecule has 4 heteroatoms. The zero-order valence-electron chi connectivity index (χ0n) is 14.3. The zero-order valence-corrected chi connectivity index (χ0v) is 15.1. The molecule has 4 bridgehead atoms. The summed E-state index contributed by atoms with van der Waals surface area (Å²) in [5.74, 6) is 1.30. The maximum absolute atomic E-state index is 13.4. The molecule has 3 atom stereocenters. The van der Waals surface area contributed by atoms with Gasteiger partial charge in [-0.2, -0.15) is 0 Å². The lowest BCUT2D eigenvalue weighted by atomic mass is 9.40. The molecular weight excluding hydrogens is 296 g/mol. The van der Waals surface area contributed by atoms with Gasteiger partial charge in [-0.1, -0.05) is 13.8 Å². The van der Waals surface area contributed by atoms with Crippen molar-refractivity contribution in [3.05, 3.63) is 0 Å². The van der Waals surface area contributed by atoms with Crippen molar-refractivity contribution in [1.29, 1.82) is 0 Å². The second-order valence-corrected chi connectivity index (χ2v) is 9.52. The molecule has 2 unspecified atom stereocenters. The Balaban J connectivity index is 0.00000144. The monoisotopic (exact) mass is 326 g/mol. The Morgan fingerprint density at radius 3 is 2.27 bits per heavy atom. The second kappa shape index (κ2) is 5.11. The molecule has 1 saturated heterocycles. The highest BCUT2D eigenvalue weighted by molar-refractivity contribution is 5.85. The van der Waals surface area contributed by atoms with Crippen molar-refractivity contribution in [2.75, 3.05) is 19.6 Å². The van der Waals surface area contributed by atoms with Crippen LogP contribution in [0, 0.1) is 22.2 Å². The fourth-order valence-corrected chi connectivity index (χ4v) is 7.14. The van der Waals surface area contributed by atoms with Crippen molar-refractivity contribution in [3.8, 4) is 0 Å². The highest BCUT2D eigenvalue weighted by Crippen LogP contribution is 2.69. The Bertz CT molecular complexity index is 462. The lowest BCUT2D eigenvalue weighted by Crippen LogP contribution is -2.62. The van der Waals surface area contributed by atoms with Gasteiger partial charge in [-0.3, -0.25) is 4.79 Å². The molecule has 0 spiro atoms. The number of hydrogen-bond donors (Lipinski definition) is 1. The molecule has 4 saturated carbocycles. The fraction of sp³-hybridized carbons (Fsp3) is 0.944. The van der Waals surface area contributed by atoms with Crippen LogP contribution in [0.15, 0.2) is 0 Å². The molecule has 1 aliphatic heterocycles. The first kappa shape index (κ1) is 16.6. The van der Waals surface area contributed by atoms with Gasteiger partial charge in [0, 0.05) is 25.7 Å². The number of hydrogen-bond acceptors (Lipinski definition) is 2. The van der Waals surface area contributed by atoms with Gasteiger partial charge in [0.1, 0.15) is 0 Å². The zero-order chi connectivity index (χ0) is 14.9. The molecule has 3 nitrogen and oxygen atoms in total. The maximum atomic E-state index is 13.4. The second-order valence-electron chi connectivity index (χ2n) is 9.52. The summed E-state index contributed by atoms with van der Waals surface area (Å²) in [6.07, 6.45) is 7.58. The lowest BCUT2D eigenvalue weighted by molar-refractivity contribution is -0.180. The van der Waals surface area contributed by atoms with Crippen LogP contribution in [-0.2, 0) is 4.79 Å². The van der Waals surface area contributed by atoms with Gasteiger partial charge in [0.25, 0.3) is 0 Å². The summed E-state index contributed by atoms with van der Waals surface area (Å²) in [7, 11) is 0. The average Bonchev–Trinajstić information content (AvgIpc) is 2.33. The van der Waals surface area contributed by atoms with Gasteiger partial charge >= 0.3 is 0 Å². The van der Waals surface area contributed by atoms with Gasteiger partial charge in [-0.05, 0) is 62.2 Å². The average molecular weight is 327 g/mol. The van der Waals surface area contributed by atoms with Crippen LogP contribution in [0.3, 0.4) is 0 Å². The van der Waals surface area contributed by atoms with E-state index < -0.39 is 0 Å². The highest BCUT2D eigenvalue weighted by Gasteiger charge is 2.63. The molecule has 5 rings (SSSR count). The number of halogens is 1. The normalized spacial score (nSPS) is 49.9. The van der Waals surface area contributed by atoms with Crippen LogP contribution in [0.5, 0.6) is 0 Å². The van der Waals surface area contributed by atoms with E-state index >= 15 is 0 Å². The largest absolute Gasteiger partial charge is 0.339 e. The number of nitrogens with one attached hydrogen (secondary N) is 1. The predicted molar refractivity (Wildman–Crippen MR) is 91.1 cm³/mol. The number of amides is 1. The van der Waals surface area contributed by atoms with Crippen LogP contribution in [0.1, 0.15) is 59.3 Å². The van der Waals surface area contributed by atoms with Gasteiger partial charge < -0.3 is 10.2 Å². The van der Waals surface area contributed by atoms with E-state index in [0.717, 1.165) is 38.4 Å². The van der Waals surface area contributed by atoms with Crippen LogP contribution >= 0.6 is 12.4 Å². The lowest BCUT2D eigenvalue weighted by Gasteiger charge is -2.65. The third-order valence-electron chi connectivity index (χ3n) is 6.74. The number of carbonyl (C=O) groups excluding carboxylic acids is 1. The van der Waals surface area contributed by atoms with Crippen molar-refractivity contribution in [1.82, 2.24) is 10.2 Å². The molecule has 5 aliphatic rings. The molecule has 0 aromatic carbocycles. The van der Waals surface area contributed by atoms with Gasteiger partial charge in [0.05, 0.1) is 5.41 Å². The van der Waals surface area contributed by atoms with Gasteiger partial charge in [0.2, 0.25) is 5.91 Å². The standard InChI is InChI=1S/C18H30N2O.ClH/c1-13-9-20(5-4-19-13)15(21)18-8-14-6-16(2,11-18)10-17(3,7-14)12-18;/h13-14,19H,4-12H2,1-3H3;1H/t13-,14?,16?,17?,18?;/m0./s1. The van der Waals surface area contributed by atoms with Crippen LogP contribution in [0.25, 0.3) is 0 Å².